The van der Waals surface area contributed by atoms with E-state index >= 15 is 0 Å². The summed E-state index contributed by atoms with van der Waals surface area (Å²) in [5.41, 5.74) is 1.20. The van der Waals surface area contributed by atoms with Gasteiger partial charge in [0.05, 0.1) is 11.6 Å². The molecule has 5 nitrogen and oxygen atoms in total. The Balaban J connectivity index is 2.16. The van der Waals surface area contributed by atoms with Crippen molar-refractivity contribution in [3.05, 3.63) is 36.1 Å². The molecule has 0 saturated heterocycles. The Hall–Kier alpha value is -1.85. The summed E-state index contributed by atoms with van der Waals surface area (Å²) in [7, 11) is 3.06. The molecule has 1 aromatic heterocycles. The highest BCUT2D eigenvalue weighted by molar-refractivity contribution is 6.05. The number of hydrogen-bond acceptors (Lipinski definition) is 4. The molecule has 0 bridgehead atoms. The highest BCUT2D eigenvalue weighted by Crippen LogP contribution is 2.20. The number of rotatable bonds is 5. The van der Waals surface area contributed by atoms with Gasteiger partial charge in [0.2, 0.25) is 0 Å². The predicted molar refractivity (Wildman–Crippen MR) is 70.9 cm³/mol. The molecule has 0 spiro atoms. The van der Waals surface area contributed by atoms with Gasteiger partial charge in [-0.2, -0.15) is 0 Å². The minimum absolute atomic E-state index is 0.212. The molecular weight excluding hydrogens is 246 g/mol. The van der Waals surface area contributed by atoms with E-state index in [9.17, 15) is 4.79 Å². The lowest BCUT2D eigenvalue weighted by atomic mass is 10.1. The van der Waals surface area contributed by atoms with Crippen molar-refractivity contribution in [1.29, 1.82) is 0 Å². The van der Waals surface area contributed by atoms with Gasteiger partial charge in [-0.25, -0.2) is 0 Å². The van der Waals surface area contributed by atoms with Crippen molar-refractivity contribution < 1.29 is 18.7 Å². The molecule has 0 saturated carbocycles. The third kappa shape index (κ3) is 2.77. The van der Waals surface area contributed by atoms with Crippen molar-refractivity contribution in [2.45, 2.75) is 19.3 Å². The summed E-state index contributed by atoms with van der Waals surface area (Å²) < 4.78 is 15.6. The maximum Gasteiger partial charge on any atom is 0.255 e. The van der Waals surface area contributed by atoms with Gasteiger partial charge in [-0.15, -0.1) is 0 Å². The number of fused-ring (bicyclic) bond motifs is 1. The minimum Gasteiger partial charge on any atom is -0.463 e. The maximum atomic E-state index is 12.2. The van der Waals surface area contributed by atoms with Crippen LogP contribution in [0.4, 0.5) is 0 Å². The number of amides is 1. The van der Waals surface area contributed by atoms with Crippen molar-refractivity contribution in [2.75, 3.05) is 14.2 Å². The van der Waals surface area contributed by atoms with Crippen LogP contribution in [0.15, 0.2) is 34.9 Å². The highest BCUT2D eigenvalue weighted by Gasteiger charge is 2.20. The number of ether oxygens (including phenoxy) is 2. The van der Waals surface area contributed by atoms with Crippen LogP contribution < -0.4 is 5.32 Å². The molecule has 0 aliphatic carbocycles. The van der Waals surface area contributed by atoms with E-state index in [-0.39, 0.29) is 11.9 Å². The first-order chi connectivity index (χ1) is 9.17. The number of carbonyl (C=O) groups excluding carboxylic acids is 1. The van der Waals surface area contributed by atoms with Gasteiger partial charge in [-0.05, 0) is 13.0 Å². The quantitative estimate of drug-likeness (QED) is 0.840. The minimum atomic E-state index is -0.484. The van der Waals surface area contributed by atoms with Gasteiger partial charge in [0, 0.05) is 19.6 Å². The molecule has 1 N–H and O–H groups in total. The van der Waals surface area contributed by atoms with Crippen LogP contribution in [0, 0.1) is 0 Å². The largest absolute Gasteiger partial charge is 0.463 e. The smallest absolute Gasteiger partial charge is 0.255 e. The molecule has 1 atom stereocenters. The first-order valence-electron chi connectivity index (χ1n) is 6.00. The zero-order valence-corrected chi connectivity index (χ0v) is 11.2. The van der Waals surface area contributed by atoms with Crippen LogP contribution in [0.25, 0.3) is 11.0 Å². The van der Waals surface area contributed by atoms with Crippen molar-refractivity contribution in [1.82, 2.24) is 5.32 Å². The van der Waals surface area contributed by atoms with Crippen molar-refractivity contribution in [2.24, 2.45) is 0 Å². The fraction of sp³-hybridized carbons (Fsp3) is 0.357. The summed E-state index contributed by atoms with van der Waals surface area (Å²) in [5.74, 6) is -0.212. The number of methoxy groups -OCH3 is 2. The summed E-state index contributed by atoms with van der Waals surface area (Å²) in [6.07, 6.45) is 0.976. The van der Waals surface area contributed by atoms with Crippen molar-refractivity contribution in [3.63, 3.8) is 0 Å². The Morgan fingerprint density at radius 3 is 2.63 bits per heavy atom. The SMILES string of the molecule is COC(OC)C(C)NC(=O)c1coc2ccccc12. The molecule has 1 amide bonds. The molecule has 1 heterocycles. The third-order valence-corrected chi connectivity index (χ3v) is 2.96. The lowest BCUT2D eigenvalue weighted by Crippen LogP contribution is -2.42. The first kappa shape index (κ1) is 13.6. The monoisotopic (exact) mass is 263 g/mol. The molecule has 2 rings (SSSR count). The zero-order valence-electron chi connectivity index (χ0n) is 11.2. The molecule has 0 aliphatic heterocycles. The van der Waals surface area contributed by atoms with Crippen molar-refractivity contribution >= 4 is 16.9 Å². The van der Waals surface area contributed by atoms with E-state index in [2.05, 4.69) is 5.32 Å². The zero-order chi connectivity index (χ0) is 13.8. The first-order valence-corrected chi connectivity index (χ1v) is 6.00. The predicted octanol–water partition coefficient (Wildman–Crippen LogP) is 2.17. The van der Waals surface area contributed by atoms with Gasteiger partial charge in [0.25, 0.3) is 5.91 Å². The summed E-state index contributed by atoms with van der Waals surface area (Å²) in [5, 5.41) is 3.62. The molecule has 0 fully saturated rings. The highest BCUT2D eigenvalue weighted by atomic mass is 16.7. The third-order valence-electron chi connectivity index (χ3n) is 2.96. The molecule has 19 heavy (non-hydrogen) atoms. The van der Waals surface area contributed by atoms with Crippen LogP contribution >= 0.6 is 0 Å². The van der Waals surface area contributed by atoms with E-state index in [0.29, 0.717) is 11.1 Å². The number of hydrogen-bond donors (Lipinski definition) is 1. The lowest BCUT2D eigenvalue weighted by molar-refractivity contribution is -0.117. The second-order valence-electron chi connectivity index (χ2n) is 4.25. The number of para-hydroxylation sites is 1. The van der Waals surface area contributed by atoms with Gasteiger partial charge in [-0.1, -0.05) is 18.2 Å². The number of carbonyl (C=O) groups is 1. The Labute approximate surface area is 111 Å². The van der Waals surface area contributed by atoms with Gasteiger partial charge in [0.15, 0.2) is 6.29 Å². The fourth-order valence-electron chi connectivity index (χ4n) is 2.01. The van der Waals surface area contributed by atoms with Crippen LogP contribution in [0.2, 0.25) is 0 Å². The molecule has 102 valence electrons. The molecule has 2 aromatic rings. The topological polar surface area (TPSA) is 60.7 Å². The average Bonchev–Trinajstić information content (AvgIpc) is 2.84. The van der Waals surface area contributed by atoms with E-state index in [1.165, 1.54) is 20.5 Å². The summed E-state index contributed by atoms with van der Waals surface area (Å²) in [6.45, 7) is 1.82. The second kappa shape index (κ2) is 5.86. The number of benzene rings is 1. The van der Waals surface area contributed by atoms with Gasteiger partial charge < -0.3 is 19.2 Å². The second-order valence-corrected chi connectivity index (χ2v) is 4.25. The Bertz CT molecular complexity index is 559. The molecular formula is C14H17NO4. The van der Waals surface area contributed by atoms with Crippen LogP contribution in [0.3, 0.4) is 0 Å². The summed E-state index contributed by atoms with van der Waals surface area (Å²) in [4.78, 5) is 12.2. The van der Waals surface area contributed by atoms with Crippen LogP contribution in [0.5, 0.6) is 0 Å². The van der Waals surface area contributed by atoms with Gasteiger partial charge in [-0.3, -0.25) is 4.79 Å². The van der Waals surface area contributed by atoms with E-state index in [4.69, 9.17) is 13.9 Å². The van der Waals surface area contributed by atoms with Gasteiger partial charge >= 0.3 is 0 Å². The van der Waals surface area contributed by atoms with Crippen LogP contribution in [-0.4, -0.2) is 32.5 Å². The lowest BCUT2D eigenvalue weighted by Gasteiger charge is -2.21. The molecule has 5 heteroatoms. The molecule has 0 radical (unpaired) electrons. The molecule has 1 aromatic carbocycles. The van der Waals surface area contributed by atoms with Crippen molar-refractivity contribution in [3.8, 4) is 0 Å². The number of furan rings is 1. The summed E-state index contributed by atoms with van der Waals surface area (Å²) in [6, 6.07) is 7.13. The molecule has 1 unspecified atom stereocenters. The Kier molecular flexibility index (Phi) is 4.19. The average molecular weight is 263 g/mol. The molecule has 0 aliphatic rings. The van der Waals surface area contributed by atoms with E-state index < -0.39 is 6.29 Å². The van der Waals surface area contributed by atoms with E-state index in [0.717, 1.165) is 5.39 Å². The van der Waals surface area contributed by atoms with Crippen LogP contribution in [-0.2, 0) is 9.47 Å². The Morgan fingerprint density at radius 2 is 1.95 bits per heavy atom. The number of nitrogens with one attached hydrogen (secondary N) is 1. The maximum absolute atomic E-state index is 12.2. The standard InChI is InChI=1S/C14H17NO4/c1-9(14(17-2)18-3)15-13(16)11-8-19-12-7-5-4-6-10(11)12/h4-9,14H,1-3H3,(H,15,16). The Morgan fingerprint density at radius 1 is 1.26 bits per heavy atom. The fourth-order valence-corrected chi connectivity index (χ4v) is 2.01. The normalized spacial score (nSPS) is 12.8. The van der Waals surface area contributed by atoms with Crippen LogP contribution in [0.1, 0.15) is 17.3 Å². The summed E-state index contributed by atoms with van der Waals surface area (Å²) >= 11 is 0. The van der Waals surface area contributed by atoms with E-state index in [1.807, 2.05) is 31.2 Å². The van der Waals surface area contributed by atoms with Gasteiger partial charge in [0.1, 0.15) is 11.8 Å². The van der Waals surface area contributed by atoms with E-state index in [1.54, 1.807) is 0 Å².